The molecule has 1 fully saturated rings. The fraction of sp³-hybridized carbons (Fsp3) is 0.455. The molecule has 1 unspecified atom stereocenters. The first-order valence-corrected chi connectivity index (χ1v) is 10.6. The van der Waals surface area contributed by atoms with Gasteiger partial charge in [0.05, 0.1) is 0 Å². The van der Waals surface area contributed by atoms with E-state index in [0.29, 0.717) is 14.3 Å². The lowest BCUT2D eigenvalue weighted by Crippen LogP contribution is -2.33. The van der Waals surface area contributed by atoms with E-state index in [0.717, 1.165) is 18.4 Å². The molecule has 0 bridgehead atoms. The van der Waals surface area contributed by atoms with Crippen molar-refractivity contribution in [1.29, 1.82) is 0 Å². The minimum atomic E-state index is 0.0111. The van der Waals surface area contributed by atoms with E-state index in [4.69, 9.17) is 0 Å². The average Bonchev–Trinajstić information content (AvgIpc) is 2.68. The predicted molar refractivity (Wildman–Crippen MR) is 111 cm³/mol. The topological polar surface area (TPSA) is 23.5 Å². The first-order valence-electron chi connectivity index (χ1n) is 9.61. The number of hydrogen-bond donors (Lipinski definition) is 1. The molecule has 3 rings (SSSR count). The van der Waals surface area contributed by atoms with Gasteiger partial charge in [-0.3, -0.25) is 0 Å². The van der Waals surface area contributed by atoms with Crippen LogP contribution in [0.25, 0.3) is 0 Å². The fourth-order valence-corrected chi connectivity index (χ4v) is 5.77. The number of nitrogens with zero attached hydrogens (tertiary/aromatic N) is 1. The molecular formula is C22H30NOP. The van der Waals surface area contributed by atoms with E-state index in [-0.39, 0.29) is 5.16 Å². The Bertz CT molecular complexity index is 690. The van der Waals surface area contributed by atoms with E-state index in [9.17, 15) is 5.11 Å². The van der Waals surface area contributed by atoms with Gasteiger partial charge in [-0.25, -0.2) is 0 Å². The van der Waals surface area contributed by atoms with Crippen LogP contribution in [0.1, 0.15) is 51.5 Å². The molecule has 2 aromatic carbocycles. The Morgan fingerprint density at radius 1 is 0.920 bits per heavy atom. The lowest BCUT2D eigenvalue weighted by Gasteiger charge is -2.36. The normalized spacial score (nSPS) is 15.8. The molecule has 0 aromatic heterocycles. The van der Waals surface area contributed by atoms with Gasteiger partial charge in [0.25, 0.3) is 0 Å². The molecule has 1 aliphatic heterocycles. The van der Waals surface area contributed by atoms with Crippen LogP contribution in [0.4, 0.5) is 5.69 Å². The third kappa shape index (κ3) is 3.85. The maximum absolute atomic E-state index is 10.5. The van der Waals surface area contributed by atoms with Crippen molar-refractivity contribution >= 4 is 19.6 Å². The zero-order chi connectivity index (χ0) is 17.7. The third-order valence-electron chi connectivity index (χ3n) is 5.60. The summed E-state index contributed by atoms with van der Waals surface area (Å²) in [6.45, 7) is 6.85. The van der Waals surface area contributed by atoms with Gasteiger partial charge in [-0.15, -0.1) is 0 Å². The number of aromatic hydroxyl groups is 1. The monoisotopic (exact) mass is 355 g/mol. The Hall–Kier alpha value is -1.53. The highest BCUT2D eigenvalue weighted by molar-refractivity contribution is 7.49. The zero-order valence-electron chi connectivity index (χ0n) is 15.5. The van der Waals surface area contributed by atoms with Crippen molar-refractivity contribution in [3.8, 4) is 5.75 Å². The highest BCUT2D eigenvalue weighted by Crippen LogP contribution is 2.50. The van der Waals surface area contributed by atoms with Crippen molar-refractivity contribution in [3.05, 3.63) is 54.1 Å². The number of hydrogen-bond acceptors (Lipinski definition) is 2. The maximum Gasteiger partial charge on any atom is 0.119 e. The lowest BCUT2D eigenvalue weighted by atomic mass is 9.92. The van der Waals surface area contributed by atoms with E-state index < -0.39 is 0 Å². The molecule has 3 heteroatoms. The van der Waals surface area contributed by atoms with Crippen LogP contribution in [0.3, 0.4) is 0 Å². The quantitative estimate of drug-likeness (QED) is 0.701. The Balaban J connectivity index is 1.97. The van der Waals surface area contributed by atoms with E-state index in [1.165, 1.54) is 43.3 Å². The molecule has 134 valence electrons. The van der Waals surface area contributed by atoms with Crippen LogP contribution in [0.5, 0.6) is 5.75 Å². The Morgan fingerprint density at radius 2 is 1.56 bits per heavy atom. The van der Waals surface area contributed by atoms with Gasteiger partial charge < -0.3 is 10.0 Å². The molecule has 2 aromatic rings. The second kappa shape index (κ2) is 8.23. The zero-order valence-corrected chi connectivity index (χ0v) is 16.5. The number of para-hydroxylation sites is 2. The standard InChI is InChI=1S/C22H30NOP/c1-3-22(4-2,18-12-6-8-14-20(18)24)25-21-15-9-7-13-19(21)23-16-10-5-11-17-23/h6-9,12-15,24-25H,3-5,10-11,16-17H2,1-2H3. The Kier molecular flexibility index (Phi) is 6.02. The fourth-order valence-electron chi connectivity index (χ4n) is 4.00. The van der Waals surface area contributed by atoms with Crippen LogP contribution in [-0.2, 0) is 5.16 Å². The molecular weight excluding hydrogens is 325 g/mol. The SMILES string of the molecule is CCC(CC)(Pc1ccccc1N1CCCCC1)c1ccccc1O. The highest BCUT2D eigenvalue weighted by atomic mass is 31.1. The van der Waals surface area contributed by atoms with Gasteiger partial charge in [0.15, 0.2) is 0 Å². The summed E-state index contributed by atoms with van der Waals surface area (Å²) in [6, 6.07) is 16.8. The molecule has 2 nitrogen and oxygen atoms in total. The van der Waals surface area contributed by atoms with E-state index in [1.54, 1.807) is 0 Å². The summed E-state index contributed by atoms with van der Waals surface area (Å²) in [5.41, 5.74) is 2.51. The summed E-state index contributed by atoms with van der Waals surface area (Å²) in [4.78, 5) is 2.56. The average molecular weight is 355 g/mol. The minimum absolute atomic E-state index is 0.0111. The van der Waals surface area contributed by atoms with Crippen molar-refractivity contribution in [2.24, 2.45) is 0 Å². The number of rotatable bonds is 6. The van der Waals surface area contributed by atoms with Crippen LogP contribution in [-0.4, -0.2) is 18.2 Å². The highest BCUT2D eigenvalue weighted by Gasteiger charge is 2.32. The Morgan fingerprint density at radius 3 is 2.24 bits per heavy atom. The van der Waals surface area contributed by atoms with Crippen molar-refractivity contribution < 1.29 is 5.11 Å². The second-order valence-corrected chi connectivity index (χ2v) is 8.74. The van der Waals surface area contributed by atoms with Gasteiger partial charge in [-0.1, -0.05) is 58.8 Å². The van der Waals surface area contributed by atoms with E-state index in [2.05, 4.69) is 55.1 Å². The first kappa shape index (κ1) is 18.3. The van der Waals surface area contributed by atoms with E-state index in [1.807, 2.05) is 12.1 Å². The summed E-state index contributed by atoms with van der Waals surface area (Å²) in [7, 11) is 0.661. The molecule has 1 atom stereocenters. The number of anilines is 1. The van der Waals surface area contributed by atoms with Crippen molar-refractivity contribution in [2.75, 3.05) is 18.0 Å². The van der Waals surface area contributed by atoms with Crippen LogP contribution in [0, 0.1) is 0 Å². The van der Waals surface area contributed by atoms with Crippen LogP contribution in [0.15, 0.2) is 48.5 Å². The maximum atomic E-state index is 10.5. The largest absolute Gasteiger partial charge is 0.508 e. The molecule has 0 amide bonds. The molecule has 0 spiro atoms. The smallest absolute Gasteiger partial charge is 0.119 e. The number of phenols is 1. The van der Waals surface area contributed by atoms with Crippen LogP contribution < -0.4 is 10.2 Å². The summed E-state index contributed by atoms with van der Waals surface area (Å²) < 4.78 is 0. The minimum Gasteiger partial charge on any atom is -0.508 e. The lowest BCUT2D eigenvalue weighted by molar-refractivity contribution is 0.448. The van der Waals surface area contributed by atoms with Crippen molar-refractivity contribution in [3.63, 3.8) is 0 Å². The first-order chi connectivity index (χ1) is 12.2. The summed E-state index contributed by atoms with van der Waals surface area (Å²) >= 11 is 0. The molecule has 0 saturated carbocycles. The third-order valence-corrected chi connectivity index (χ3v) is 7.75. The van der Waals surface area contributed by atoms with Gasteiger partial charge >= 0.3 is 0 Å². The molecule has 1 aliphatic rings. The second-order valence-electron chi connectivity index (χ2n) is 7.00. The van der Waals surface area contributed by atoms with E-state index >= 15 is 0 Å². The number of piperidine rings is 1. The predicted octanol–water partition coefficient (Wildman–Crippen LogP) is 5.40. The van der Waals surface area contributed by atoms with Gasteiger partial charge in [-0.05, 0) is 49.5 Å². The molecule has 0 aliphatic carbocycles. The van der Waals surface area contributed by atoms with Gasteiger partial charge in [0, 0.05) is 29.5 Å². The van der Waals surface area contributed by atoms with Crippen LogP contribution >= 0.6 is 8.58 Å². The summed E-state index contributed by atoms with van der Waals surface area (Å²) in [5, 5.41) is 12.0. The van der Waals surface area contributed by atoms with Gasteiger partial charge in [0.2, 0.25) is 0 Å². The number of phenolic OH excluding ortho intramolecular Hbond substituents is 1. The molecule has 1 N–H and O–H groups in total. The molecule has 25 heavy (non-hydrogen) atoms. The van der Waals surface area contributed by atoms with Crippen molar-refractivity contribution in [2.45, 2.75) is 51.1 Å². The molecule has 1 saturated heterocycles. The van der Waals surface area contributed by atoms with Crippen LogP contribution in [0.2, 0.25) is 0 Å². The van der Waals surface area contributed by atoms with Gasteiger partial charge in [0.1, 0.15) is 5.75 Å². The Labute approximate surface area is 154 Å². The molecule has 1 heterocycles. The summed E-state index contributed by atoms with van der Waals surface area (Å²) in [6.07, 6.45) is 6.02. The number of benzene rings is 2. The summed E-state index contributed by atoms with van der Waals surface area (Å²) in [5.74, 6) is 0.439. The van der Waals surface area contributed by atoms with Crippen molar-refractivity contribution in [1.82, 2.24) is 0 Å². The molecule has 0 radical (unpaired) electrons. The van der Waals surface area contributed by atoms with Gasteiger partial charge in [-0.2, -0.15) is 0 Å².